The molecule has 7 heteroatoms. The molecule has 0 spiro atoms. The van der Waals surface area contributed by atoms with Crippen LogP contribution in [0, 0.1) is 11.6 Å². The largest absolute Gasteiger partial charge is 0.457 e. The second-order valence-electron chi connectivity index (χ2n) is 9.38. The fourth-order valence-corrected chi connectivity index (χ4v) is 4.31. The summed E-state index contributed by atoms with van der Waals surface area (Å²) >= 11 is 0. The van der Waals surface area contributed by atoms with Crippen LogP contribution in [0.1, 0.15) is 34.0 Å². The van der Waals surface area contributed by atoms with Gasteiger partial charge < -0.3 is 20.5 Å². The number of ether oxygens (including phenoxy) is 1. The molecule has 3 N–H and O–H groups in total. The molecule has 0 radical (unpaired) electrons. The van der Waals surface area contributed by atoms with E-state index in [0.29, 0.717) is 29.2 Å². The monoisotopic (exact) mass is 530 g/mol. The van der Waals surface area contributed by atoms with Gasteiger partial charge in [-0.3, -0.25) is 4.79 Å². The second kappa shape index (κ2) is 13.6. The van der Waals surface area contributed by atoms with Crippen molar-refractivity contribution >= 4 is 5.91 Å². The Bertz CT molecular complexity index is 1360. The third-order valence-electron chi connectivity index (χ3n) is 6.32. The van der Waals surface area contributed by atoms with Crippen LogP contribution < -0.4 is 15.4 Å². The van der Waals surface area contributed by atoms with E-state index < -0.39 is 29.7 Å². The molecule has 4 aromatic rings. The fraction of sp³-hybridized carbons (Fsp3) is 0.219. The van der Waals surface area contributed by atoms with E-state index >= 15 is 0 Å². The molecule has 0 aliphatic carbocycles. The number of hydrogen-bond donors (Lipinski definition) is 3. The van der Waals surface area contributed by atoms with Crippen LogP contribution in [0.15, 0.2) is 97.1 Å². The number of carbonyl (C=O) groups excluding carboxylic acids is 1. The van der Waals surface area contributed by atoms with Gasteiger partial charge in [-0.05, 0) is 72.0 Å². The highest BCUT2D eigenvalue weighted by atomic mass is 19.1. The maximum absolute atomic E-state index is 13.9. The number of carbonyl (C=O) groups is 1. The van der Waals surface area contributed by atoms with Crippen molar-refractivity contribution in [1.82, 2.24) is 10.6 Å². The number of aliphatic hydroxyl groups excluding tert-OH is 1. The van der Waals surface area contributed by atoms with Crippen molar-refractivity contribution in [3.63, 3.8) is 0 Å². The Morgan fingerprint density at radius 1 is 0.821 bits per heavy atom. The van der Waals surface area contributed by atoms with E-state index in [1.54, 1.807) is 24.3 Å². The second-order valence-corrected chi connectivity index (χ2v) is 9.38. The standard InChI is InChI=1S/C32H32F2N2O3/c1-2-22-8-6-9-23(14-22)20-35-21-31(37)30(17-24-15-26(33)19-27(34)16-24)36-32(38)25-10-7-13-29(18-25)39-28-11-4-3-5-12-28/h3-16,18-19,30-31,35,37H,2,17,20-21H2,1H3,(H,36,38). The maximum atomic E-state index is 13.9. The molecule has 202 valence electrons. The van der Waals surface area contributed by atoms with Crippen LogP contribution in [-0.4, -0.2) is 29.7 Å². The highest BCUT2D eigenvalue weighted by Gasteiger charge is 2.23. The van der Waals surface area contributed by atoms with Crippen LogP contribution in [0.3, 0.4) is 0 Å². The molecule has 0 aromatic heterocycles. The van der Waals surface area contributed by atoms with E-state index in [9.17, 15) is 18.7 Å². The van der Waals surface area contributed by atoms with E-state index in [1.807, 2.05) is 42.5 Å². The third-order valence-corrected chi connectivity index (χ3v) is 6.32. The highest BCUT2D eigenvalue weighted by molar-refractivity contribution is 5.94. The van der Waals surface area contributed by atoms with Gasteiger partial charge in [0.2, 0.25) is 0 Å². The summed E-state index contributed by atoms with van der Waals surface area (Å²) < 4.78 is 33.6. The predicted molar refractivity (Wildman–Crippen MR) is 148 cm³/mol. The number of nitrogens with one attached hydrogen (secondary N) is 2. The molecule has 2 atom stereocenters. The Balaban J connectivity index is 1.46. The number of amides is 1. The van der Waals surface area contributed by atoms with Crippen LogP contribution in [0.25, 0.3) is 0 Å². The summed E-state index contributed by atoms with van der Waals surface area (Å²) in [5.74, 6) is -0.764. The minimum atomic E-state index is -1.03. The number of halogens is 2. The molecule has 2 unspecified atom stereocenters. The molecule has 5 nitrogen and oxygen atoms in total. The van der Waals surface area contributed by atoms with Crippen molar-refractivity contribution in [2.24, 2.45) is 0 Å². The smallest absolute Gasteiger partial charge is 0.251 e. The normalized spacial score (nSPS) is 12.5. The zero-order chi connectivity index (χ0) is 27.6. The van der Waals surface area contributed by atoms with Gasteiger partial charge in [0, 0.05) is 24.7 Å². The van der Waals surface area contributed by atoms with E-state index in [1.165, 1.54) is 17.7 Å². The minimum absolute atomic E-state index is 0.0365. The summed E-state index contributed by atoms with van der Waals surface area (Å²) in [6.45, 7) is 2.78. The Morgan fingerprint density at radius 3 is 2.26 bits per heavy atom. The van der Waals surface area contributed by atoms with Gasteiger partial charge >= 0.3 is 0 Å². The number of aryl methyl sites for hydroxylation is 1. The first-order valence-corrected chi connectivity index (χ1v) is 12.9. The number of hydrogen-bond acceptors (Lipinski definition) is 4. The third kappa shape index (κ3) is 8.46. The minimum Gasteiger partial charge on any atom is -0.457 e. The molecule has 0 heterocycles. The zero-order valence-corrected chi connectivity index (χ0v) is 21.7. The lowest BCUT2D eigenvalue weighted by Gasteiger charge is -2.25. The topological polar surface area (TPSA) is 70.6 Å². The number of aliphatic hydroxyl groups is 1. The fourth-order valence-electron chi connectivity index (χ4n) is 4.31. The average Bonchev–Trinajstić information content (AvgIpc) is 2.93. The van der Waals surface area contributed by atoms with Crippen molar-refractivity contribution in [2.45, 2.75) is 38.5 Å². The predicted octanol–water partition coefficient (Wildman–Crippen LogP) is 5.81. The summed E-state index contributed by atoms with van der Waals surface area (Å²) in [5.41, 5.74) is 2.94. The van der Waals surface area contributed by atoms with Gasteiger partial charge in [0.25, 0.3) is 5.91 Å². The van der Waals surface area contributed by atoms with Gasteiger partial charge in [0.1, 0.15) is 23.1 Å². The van der Waals surface area contributed by atoms with Gasteiger partial charge in [-0.15, -0.1) is 0 Å². The molecule has 0 aliphatic heterocycles. The number of benzene rings is 4. The number of rotatable bonds is 12. The quantitative estimate of drug-likeness (QED) is 0.216. The van der Waals surface area contributed by atoms with Crippen molar-refractivity contribution in [3.05, 3.63) is 131 Å². The molecular weight excluding hydrogens is 498 g/mol. The summed E-state index contributed by atoms with van der Waals surface area (Å²) in [7, 11) is 0. The van der Waals surface area contributed by atoms with Crippen LogP contribution >= 0.6 is 0 Å². The number of para-hydroxylation sites is 1. The molecule has 39 heavy (non-hydrogen) atoms. The van der Waals surface area contributed by atoms with Crippen molar-refractivity contribution < 1.29 is 23.4 Å². The highest BCUT2D eigenvalue weighted by Crippen LogP contribution is 2.22. The van der Waals surface area contributed by atoms with Crippen LogP contribution in [-0.2, 0) is 19.4 Å². The molecule has 0 saturated carbocycles. The lowest BCUT2D eigenvalue weighted by molar-refractivity contribution is 0.0829. The van der Waals surface area contributed by atoms with Crippen LogP contribution in [0.5, 0.6) is 11.5 Å². The molecule has 0 aliphatic rings. The Kier molecular flexibility index (Phi) is 9.78. The summed E-state index contributed by atoms with van der Waals surface area (Å²) in [4.78, 5) is 13.2. The zero-order valence-electron chi connectivity index (χ0n) is 21.7. The molecule has 4 aromatic carbocycles. The van der Waals surface area contributed by atoms with E-state index in [4.69, 9.17) is 4.74 Å². The Morgan fingerprint density at radius 2 is 1.51 bits per heavy atom. The molecule has 4 rings (SSSR count). The Labute approximate surface area is 227 Å². The first kappa shape index (κ1) is 28.0. The van der Waals surface area contributed by atoms with Crippen molar-refractivity contribution in [1.29, 1.82) is 0 Å². The van der Waals surface area contributed by atoms with E-state index in [0.717, 1.165) is 18.1 Å². The summed E-state index contributed by atoms with van der Waals surface area (Å²) in [6.07, 6.45) is -0.0698. The first-order chi connectivity index (χ1) is 18.9. The van der Waals surface area contributed by atoms with Crippen LogP contribution in [0.2, 0.25) is 0 Å². The van der Waals surface area contributed by atoms with Gasteiger partial charge in [-0.25, -0.2) is 8.78 Å². The Hall–Kier alpha value is -4.07. The van der Waals surface area contributed by atoms with Gasteiger partial charge in [0.05, 0.1) is 12.1 Å². The molecule has 0 fully saturated rings. The molecule has 0 bridgehead atoms. The van der Waals surface area contributed by atoms with Crippen LogP contribution in [0.4, 0.5) is 8.78 Å². The van der Waals surface area contributed by atoms with E-state index in [2.05, 4.69) is 29.7 Å². The lowest BCUT2D eigenvalue weighted by Crippen LogP contribution is -2.48. The summed E-state index contributed by atoms with van der Waals surface area (Å²) in [6, 6.07) is 26.4. The van der Waals surface area contributed by atoms with Crippen molar-refractivity contribution in [3.8, 4) is 11.5 Å². The SMILES string of the molecule is CCc1cccc(CNCC(O)C(Cc2cc(F)cc(F)c2)NC(=O)c2cccc(Oc3ccccc3)c2)c1. The lowest BCUT2D eigenvalue weighted by atomic mass is 10.00. The maximum Gasteiger partial charge on any atom is 0.251 e. The summed E-state index contributed by atoms with van der Waals surface area (Å²) in [5, 5.41) is 17.1. The average molecular weight is 531 g/mol. The molecule has 0 saturated heterocycles. The first-order valence-electron chi connectivity index (χ1n) is 12.9. The van der Waals surface area contributed by atoms with Gasteiger partial charge in [-0.1, -0.05) is 55.5 Å². The van der Waals surface area contributed by atoms with Crippen molar-refractivity contribution in [2.75, 3.05) is 6.54 Å². The molecule has 1 amide bonds. The van der Waals surface area contributed by atoms with Gasteiger partial charge in [-0.2, -0.15) is 0 Å². The molecular formula is C32H32F2N2O3. The van der Waals surface area contributed by atoms with E-state index in [-0.39, 0.29) is 13.0 Å². The van der Waals surface area contributed by atoms with Gasteiger partial charge in [0.15, 0.2) is 0 Å².